The second-order valence-electron chi connectivity index (χ2n) is 3.13. The first-order chi connectivity index (χ1) is 7.58. The van der Waals surface area contributed by atoms with Gasteiger partial charge in [-0.1, -0.05) is 0 Å². The summed E-state index contributed by atoms with van der Waals surface area (Å²) in [5.74, 6) is -0.175. The van der Waals surface area contributed by atoms with E-state index in [1.54, 1.807) is 0 Å². The summed E-state index contributed by atoms with van der Waals surface area (Å²) in [5.41, 5.74) is 0.514. The molecule has 5 nitrogen and oxygen atoms in total. The van der Waals surface area contributed by atoms with Gasteiger partial charge in [0.05, 0.1) is 10.2 Å². The van der Waals surface area contributed by atoms with Crippen molar-refractivity contribution in [2.24, 2.45) is 0 Å². The zero-order valence-corrected chi connectivity index (χ0v) is 9.52. The van der Waals surface area contributed by atoms with E-state index in [0.717, 1.165) is 0 Å². The molecular weight excluding hydrogens is 276 g/mol. The van der Waals surface area contributed by atoms with Crippen molar-refractivity contribution in [3.63, 3.8) is 0 Å². The standard InChI is InChI=1S/C10H7BrN2O3/c11-6-3-5(8(14)4-9(6)15)7-1-2-10(16)13-12-7/h1-4,14-15H,(H,13,16). The first kappa shape index (κ1) is 10.7. The smallest absolute Gasteiger partial charge is 0.264 e. The van der Waals surface area contributed by atoms with Gasteiger partial charge in [0.2, 0.25) is 0 Å². The van der Waals surface area contributed by atoms with E-state index in [4.69, 9.17) is 0 Å². The average molecular weight is 283 g/mol. The molecule has 0 amide bonds. The van der Waals surface area contributed by atoms with Gasteiger partial charge in [-0.25, -0.2) is 5.10 Å². The van der Waals surface area contributed by atoms with Gasteiger partial charge in [0.1, 0.15) is 11.5 Å². The Bertz CT molecular complexity index is 575. The lowest BCUT2D eigenvalue weighted by Crippen LogP contribution is -2.05. The number of nitrogens with one attached hydrogen (secondary N) is 1. The number of hydrogen-bond donors (Lipinski definition) is 3. The van der Waals surface area contributed by atoms with E-state index in [0.29, 0.717) is 15.7 Å². The molecule has 0 fully saturated rings. The number of aromatic nitrogens is 2. The molecule has 0 aliphatic heterocycles. The molecule has 0 radical (unpaired) electrons. The maximum atomic E-state index is 10.8. The molecule has 1 heterocycles. The van der Waals surface area contributed by atoms with Crippen LogP contribution in [0.2, 0.25) is 0 Å². The van der Waals surface area contributed by atoms with Crippen molar-refractivity contribution < 1.29 is 10.2 Å². The fourth-order valence-electron chi connectivity index (χ4n) is 1.25. The molecule has 0 unspecified atom stereocenters. The zero-order valence-electron chi connectivity index (χ0n) is 7.94. The lowest BCUT2D eigenvalue weighted by molar-refractivity contribution is 0.449. The van der Waals surface area contributed by atoms with Gasteiger partial charge in [-0.2, -0.15) is 5.10 Å². The molecule has 0 aliphatic carbocycles. The number of halogens is 1. The molecule has 0 bridgehead atoms. The summed E-state index contributed by atoms with van der Waals surface area (Å²) >= 11 is 3.13. The minimum Gasteiger partial charge on any atom is -0.507 e. The number of hydrogen-bond acceptors (Lipinski definition) is 4. The number of aromatic amines is 1. The van der Waals surface area contributed by atoms with Crippen molar-refractivity contribution in [2.75, 3.05) is 0 Å². The molecule has 1 aromatic carbocycles. The highest BCUT2D eigenvalue weighted by Gasteiger charge is 2.09. The number of phenols is 2. The lowest BCUT2D eigenvalue weighted by atomic mass is 10.1. The molecule has 2 rings (SSSR count). The zero-order chi connectivity index (χ0) is 11.7. The summed E-state index contributed by atoms with van der Waals surface area (Å²) in [6, 6.07) is 5.51. The molecule has 0 spiro atoms. The first-order valence-corrected chi connectivity index (χ1v) is 5.15. The first-order valence-electron chi connectivity index (χ1n) is 4.35. The maximum Gasteiger partial charge on any atom is 0.264 e. The van der Waals surface area contributed by atoms with Crippen molar-refractivity contribution in [3.8, 4) is 22.8 Å². The SMILES string of the molecule is O=c1ccc(-c2cc(Br)c(O)cc2O)n[nH]1. The van der Waals surface area contributed by atoms with Crippen LogP contribution in [0.5, 0.6) is 11.5 Å². The molecule has 0 saturated heterocycles. The summed E-state index contributed by atoms with van der Waals surface area (Å²) in [7, 11) is 0. The van der Waals surface area contributed by atoms with Gasteiger partial charge in [-0.3, -0.25) is 4.79 Å². The Kier molecular flexibility index (Phi) is 2.66. The van der Waals surface area contributed by atoms with Crippen LogP contribution in [-0.2, 0) is 0 Å². The summed E-state index contributed by atoms with van der Waals surface area (Å²) in [6.07, 6.45) is 0. The number of nitrogens with zero attached hydrogens (tertiary/aromatic N) is 1. The summed E-state index contributed by atoms with van der Waals surface area (Å²) in [4.78, 5) is 10.8. The number of aromatic hydroxyl groups is 2. The molecule has 16 heavy (non-hydrogen) atoms. The quantitative estimate of drug-likeness (QED) is 0.742. The Morgan fingerprint density at radius 3 is 2.56 bits per heavy atom. The normalized spacial score (nSPS) is 10.3. The predicted octanol–water partition coefficient (Wildman–Crippen LogP) is 1.61. The fourth-order valence-corrected chi connectivity index (χ4v) is 1.59. The van der Waals surface area contributed by atoms with Gasteiger partial charge in [-0.15, -0.1) is 0 Å². The monoisotopic (exact) mass is 282 g/mol. The second-order valence-corrected chi connectivity index (χ2v) is 3.98. The third kappa shape index (κ3) is 1.92. The van der Waals surface area contributed by atoms with Crippen LogP contribution in [0.3, 0.4) is 0 Å². The van der Waals surface area contributed by atoms with Crippen LogP contribution in [0.15, 0.2) is 33.5 Å². The highest BCUT2D eigenvalue weighted by molar-refractivity contribution is 9.10. The topological polar surface area (TPSA) is 86.2 Å². The van der Waals surface area contributed by atoms with E-state index >= 15 is 0 Å². The van der Waals surface area contributed by atoms with Crippen molar-refractivity contribution in [3.05, 3.63) is 39.1 Å². The van der Waals surface area contributed by atoms with Crippen LogP contribution < -0.4 is 5.56 Å². The Morgan fingerprint density at radius 2 is 1.94 bits per heavy atom. The maximum absolute atomic E-state index is 10.8. The molecule has 6 heteroatoms. The number of H-pyrrole nitrogens is 1. The summed E-state index contributed by atoms with van der Waals surface area (Å²) in [5, 5.41) is 25.0. The third-order valence-corrected chi connectivity index (χ3v) is 2.66. The van der Waals surface area contributed by atoms with Crippen LogP contribution >= 0.6 is 15.9 Å². The highest BCUT2D eigenvalue weighted by atomic mass is 79.9. The number of phenolic OH excluding ortho intramolecular Hbond substituents is 2. The van der Waals surface area contributed by atoms with Gasteiger partial charge >= 0.3 is 0 Å². The fraction of sp³-hybridized carbons (Fsp3) is 0. The Labute approximate surface area is 98.5 Å². The molecule has 82 valence electrons. The van der Waals surface area contributed by atoms with Gasteiger partial charge in [-0.05, 0) is 28.1 Å². The van der Waals surface area contributed by atoms with E-state index in [9.17, 15) is 15.0 Å². The van der Waals surface area contributed by atoms with Crippen LogP contribution in [0.4, 0.5) is 0 Å². The van der Waals surface area contributed by atoms with Crippen molar-refractivity contribution in [1.82, 2.24) is 10.2 Å². The average Bonchev–Trinajstić information content (AvgIpc) is 2.25. The lowest BCUT2D eigenvalue weighted by Gasteiger charge is -2.05. The minimum absolute atomic E-state index is 0.0642. The van der Waals surface area contributed by atoms with Crippen molar-refractivity contribution in [1.29, 1.82) is 0 Å². The van der Waals surface area contributed by atoms with Crippen molar-refractivity contribution >= 4 is 15.9 Å². The van der Waals surface area contributed by atoms with Gasteiger partial charge < -0.3 is 10.2 Å². The van der Waals surface area contributed by atoms with Crippen LogP contribution in [-0.4, -0.2) is 20.4 Å². The van der Waals surface area contributed by atoms with Gasteiger partial charge in [0.25, 0.3) is 5.56 Å². The highest BCUT2D eigenvalue weighted by Crippen LogP contribution is 2.36. The molecular formula is C10H7BrN2O3. The summed E-state index contributed by atoms with van der Waals surface area (Å²) in [6.45, 7) is 0. The van der Waals surface area contributed by atoms with E-state index in [-0.39, 0.29) is 17.1 Å². The van der Waals surface area contributed by atoms with Gasteiger partial charge in [0, 0.05) is 17.7 Å². The summed E-state index contributed by atoms with van der Waals surface area (Å²) < 4.78 is 0.438. The Balaban J connectivity index is 2.60. The van der Waals surface area contributed by atoms with Crippen LogP contribution in [0.25, 0.3) is 11.3 Å². The molecule has 1 aromatic heterocycles. The largest absolute Gasteiger partial charge is 0.507 e. The number of rotatable bonds is 1. The molecule has 2 aromatic rings. The van der Waals surface area contributed by atoms with E-state index < -0.39 is 0 Å². The van der Waals surface area contributed by atoms with E-state index in [2.05, 4.69) is 26.1 Å². The second kappa shape index (κ2) is 3.97. The van der Waals surface area contributed by atoms with Crippen molar-refractivity contribution in [2.45, 2.75) is 0 Å². The Hall–Kier alpha value is -1.82. The van der Waals surface area contributed by atoms with Crippen LogP contribution in [0, 0.1) is 0 Å². The predicted molar refractivity (Wildman–Crippen MR) is 61.3 cm³/mol. The Morgan fingerprint density at radius 1 is 1.19 bits per heavy atom. The molecule has 3 N–H and O–H groups in total. The molecule has 0 saturated carbocycles. The van der Waals surface area contributed by atoms with Crippen LogP contribution in [0.1, 0.15) is 0 Å². The van der Waals surface area contributed by atoms with Gasteiger partial charge in [0.15, 0.2) is 0 Å². The van der Waals surface area contributed by atoms with E-state index in [1.807, 2.05) is 0 Å². The minimum atomic E-state index is -0.318. The number of benzene rings is 1. The molecule has 0 atom stereocenters. The van der Waals surface area contributed by atoms with E-state index in [1.165, 1.54) is 24.3 Å². The molecule has 0 aliphatic rings. The third-order valence-electron chi connectivity index (χ3n) is 2.02.